The van der Waals surface area contributed by atoms with E-state index in [9.17, 15) is 14.4 Å². The van der Waals surface area contributed by atoms with Crippen molar-refractivity contribution >= 4 is 22.6 Å². The van der Waals surface area contributed by atoms with Gasteiger partial charge in [0.1, 0.15) is 28.9 Å². The number of anilines is 1. The highest BCUT2D eigenvalue weighted by atomic mass is 19.1. The summed E-state index contributed by atoms with van der Waals surface area (Å²) >= 11 is 0. The second-order valence-corrected chi connectivity index (χ2v) is 13.5. The van der Waals surface area contributed by atoms with Crippen molar-refractivity contribution in [3.05, 3.63) is 78.3 Å². The van der Waals surface area contributed by atoms with Crippen LogP contribution in [0.2, 0.25) is 0 Å². The fourth-order valence-electron chi connectivity index (χ4n) is 7.12. The van der Waals surface area contributed by atoms with Gasteiger partial charge in [0.25, 0.3) is 5.91 Å². The highest BCUT2D eigenvalue weighted by Crippen LogP contribution is 2.36. The summed E-state index contributed by atoms with van der Waals surface area (Å²) in [6.07, 6.45) is 5.08. The van der Waals surface area contributed by atoms with Gasteiger partial charge in [0.15, 0.2) is 11.6 Å². The summed E-state index contributed by atoms with van der Waals surface area (Å²) in [6, 6.07) is 18.0. The molecule has 1 atom stereocenters. The van der Waals surface area contributed by atoms with E-state index in [1.807, 2.05) is 29.0 Å². The summed E-state index contributed by atoms with van der Waals surface area (Å²) < 4.78 is 27.2. The quantitative estimate of drug-likeness (QED) is 0.204. The monoisotopic (exact) mass is 664 g/mol. The molecule has 2 N–H and O–H groups in total. The third-order valence-electron chi connectivity index (χ3n) is 9.99. The van der Waals surface area contributed by atoms with Gasteiger partial charge < -0.3 is 20.1 Å². The van der Waals surface area contributed by atoms with Crippen LogP contribution in [0, 0.1) is 17.1 Å². The number of nitrogen functional groups attached to an aromatic ring is 1. The number of likely N-dealkylation sites (tertiary alicyclic amines) is 1. The Kier molecular flexibility index (Phi) is 9.07. The molecule has 12 heteroatoms. The number of nitriles is 1. The largest absolute Gasteiger partial charge is 0.454 e. The molecule has 3 fully saturated rings. The van der Waals surface area contributed by atoms with Crippen molar-refractivity contribution in [1.29, 1.82) is 5.26 Å². The predicted molar refractivity (Wildman–Crippen MR) is 184 cm³/mol. The van der Waals surface area contributed by atoms with Gasteiger partial charge in [-0.25, -0.2) is 9.37 Å². The summed E-state index contributed by atoms with van der Waals surface area (Å²) in [5, 5.41) is 15.9. The highest BCUT2D eigenvalue weighted by Gasteiger charge is 2.35. The molecule has 0 spiro atoms. The first-order valence-electron chi connectivity index (χ1n) is 16.9. The number of carbonyl (C=O) groups is 1. The number of nitrogens with two attached hydrogens (primary N) is 1. The standard InChI is InChI=1S/C37H41FN8O3/c1-37(2,45-18-16-43(17-19-45)28-23-48-24-28)20-26(21-39)36(47)44-15-5-6-27(22-44)46-31-13-14-41-35(40)33(31)34(42-46)25-9-11-29(12-10-25)49-32-8-4-3-7-30(32)38/h3-4,7-14,20,27-28H,5-6,15-19,22-24H2,1-2H3,(H2,40,41)/t27-/m1/s1. The van der Waals surface area contributed by atoms with Gasteiger partial charge in [-0.15, -0.1) is 0 Å². The maximum atomic E-state index is 14.1. The van der Waals surface area contributed by atoms with E-state index >= 15 is 0 Å². The number of piperidine rings is 1. The van der Waals surface area contributed by atoms with Crippen molar-refractivity contribution in [3.8, 4) is 28.8 Å². The first kappa shape index (κ1) is 32.7. The predicted octanol–water partition coefficient (Wildman–Crippen LogP) is 5.02. The molecule has 2 aromatic heterocycles. The van der Waals surface area contributed by atoms with E-state index in [2.05, 4.69) is 34.7 Å². The molecular weight excluding hydrogens is 623 g/mol. The number of aromatic nitrogens is 3. The second kappa shape index (κ2) is 13.6. The molecule has 2 aromatic carbocycles. The van der Waals surface area contributed by atoms with Crippen molar-refractivity contribution in [2.45, 2.75) is 44.3 Å². The second-order valence-electron chi connectivity index (χ2n) is 13.5. The van der Waals surface area contributed by atoms with Crippen LogP contribution >= 0.6 is 0 Å². The summed E-state index contributed by atoms with van der Waals surface area (Å²) in [7, 11) is 0. The van der Waals surface area contributed by atoms with E-state index in [4.69, 9.17) is 20.3 Å². The zero-order valence-corrected chi connectivity index (χ0v) is 27.9. The normalized spacial score (nSPS) is 19.8. The molecule has 11 nitrogen and oxygen atoms in total. The number of para-hydroxylation sites is 1. The van der Waals surface area contributed by atoms with Crippen molar-refractivity contribution in [1.82, 2.24) is 29.5 Å². The maximum Gasteiger partial charge on any atom is 0.264 e. The Morgan fingerprint density at radius 3 is 2.51 bits per heavy atom. The van der Waals surface area contributed by atoms with Crippen LogP contribution in [0.3, 0.4) is 0 Å². The van der Waals surface area contributed by atoms with Gasteiger partial charge in [0.05, 0.1) is 36.2 Å². The minimum Gasteiger partial charge on any atom is -0.454 e. The molecule has 0 unspecified atom stereocenters. The van der Waals surface area contributed by atoms with E-state index in [1.54, 1.807) is 41.4 Å². The molecule has 0 bridgehead atoms. The van der Waals surface area contributed by atoms with Crippen LogP contribution in [0.25, 0.3) is 22.2 Å². The summed E-state index contributed by atoms with van der Waals surface area (Å²) in [4.78, 5) is 24.8. The number of benzene rings is 2. The SMILES string of the molecule is CC(C)(C=C(C#N)C(=O)N1CCC[C@@H](n2nc(-c3ccc(Oc4ccccc4F)cc3)c3c(N)nccc32)C1)N1CCN(C2COC2)CC1. The molecule has 254 valence electrons. The van der Waals surface area contributed by atoms with E-state index in [-0.39, 0.29) is 23.3 Å². The molecule has 0 radical (unpaired) electrons. The zero-order chi connectivity index (χ0) is 34.1. The molecule has 5 heterocycles. The van der Waals surface area contributed by atoms with Crippen molar-refractivity contribution in [2.75, 3.05) is 58.2 Å². The van der Waals surface area contributed by atoms with Crippen molar-refractivity contribution < 1.29 is 18.7 Å². The molecule has 7 rings (SSSR count). The first-order valence-corrected chi connectivity index (χ1v) is 16.9. The molecule has 49 heavy (non-hydrogen) atoms. The number of hydrogen-bond donors (Lipinski definition) is 1. The van der Waals surface area contributed by atoms with Crippen LogP contribution in [-0.4, -0.2) is 99.4 Å². The lowest BCUT2D eigenvalue weighted by Crippen LogP contribution is -2.59. The Morgan fingerprint density at radius 2 is 1.82 bits per heavy atom. The number of nitrogens with zero attached hydrogens (tertiary/aromatic N) is 7. The van der Waals surface area contributed by atoms with Crippen molar-refractivity contribution in [3.63, 3.8) is 0 Å². The third kappa shape index (κ3) is 6.62. The number of ether oxygens (including phenoxy) is 2. The molecule has 3 saturated heterocycles. The number of amides is 1. The molecule has 1 amide bonds. The summed E-state index contributed by atoms with van der Waals surface area (Å²) in [5.41, 5.74) is 8.41. The average molecular weight is 665 g/mol. The fraction of sp³-hybridized carbons (Fsp3) is 0.405. The third-order valence-corrected chi connectivity index (χ3v) is 9.99. The number of hydrogen-bond acceptors (Lipinski definition) is 9. The van der Waals surface area contributed by atoms with Gasteiger partial charge in [0.2, 0.25) is 0 Å². The number of rotatable bonds is 8. The van der Waals surface area contributed by atoms with E-state index in [1.165, 1.54) is 6.07 Å². The number of fused-ring (bicyclic) bond motifs is 1. The van der Waals surface area contributed by atoms with Crippen LogP contribution in [0.4, 0.5) is 10.2 Å². The minimum absolute atomic E-state index is 0.129. The van der Waals surface area contributed by atoms with Gasteiger partial charge in [-0.3, -0.25) is 19.3 Å². The molecule has 0 aliphatic carbocycles. The summed E-state index contributed by atoms with van der Waals surface area (Å²) in [5.74, 6) is 0.290. The number of pyridine rings is 1. The number of carbonyl (C=O) groups excluding carboxylic acids is 1. The lowest BCUT2D eigenvalue weighted by atomic mass is 9.96. The Hall–Kier alpha value is -4.83. The zero-order valence-electron chi connectivity index (χ0n) is 27.9. The Balaban J connectivity index is 1.09. The van der Waals surface area contributed by atoms with Crippen LogP contribution < -0.4 is 10.5 Å². The van der Waals surface area contributed by atoms with Gasteiger partial charge in [-0.1, -0.05) is 12.1 Å². The molecule has 3 aliphatic heterocycles. The smallest absolute Gasteiger partial charge is 0.264 e. The molecular formula is C37H41FN8O3. The van der Waals surface area contributed by atoms with E-state index in [0.29, 0.717) is 36.4 Å². The Bertz CT molecular complexity index is 1900. The topological polar surface area (TPSA) is 126 Å². The highest BCUT2D eigenvalue weighted by molar-refractivity contribution is 6.00. The fourth-order valence-corrected chi connectivity index (χ4v) is 7.12. The molecule has 3 aliphatic rings. The van der Waals surface area contributed by atoms with Gasteiger partial charge >= 0.3 is 0 Å². The van der Waals surface area contributed by atoms with Crippen molar-refractivity contribution in [2.24, 2.45) is 0 Å². The van der Waals surface area contributed by atoms with Crippen LogP contribution in [-0.2, 0) is 9.53 Å². The maximum absolute atomic E-state index is 14.1. The Labute approximate surface area is 285 Å². The number of piperazine rings is 1. The lowest BCUT2D eigenvalue weighted by molar-refractivity contribution is -0.128. The van der Waals surface area contributed by atoms with Gasteiger partial charge in [-0.05, 0) is 75.2 Å². The van der Waals surface area contributed by atoms with Crippen LogP contribution in [0.1, 0.15) is 32.7 Å². The summed E-state index contributed by atoms with van der Waals surface area (Å²) in [6.45, 7) is 10.4. The van der Waals surface area contributed by atoms with Crippen LogP contribution in [0.5, 0.6) is 11.5 Å². The van der Waals surface area contributed by atoms with Crippen LogP contribution in [0.15, 0.2) is 72.4 Å². The van der Waals surface area contributed by atoms with Gasteiger partial charge in [0, 0.05) is 56.6 Å². The minimum atomic E-state index is -0.453. The van der Waals surface area contributed by atoms with Gasteiger partial charge in [-0.2, -0.15) is 10.4 Å². The average Bonchev–Trinajstić information content (AvgIpc) is 3.49. The molecule has 0 saturated carbocycles. The van der Waals surface area contributed by atoms with E-state index in [0.717, 1.165) is 68.7 Å². The lowest BCUT2D eigenvalue weighted by Gasteiger charge is -2.46. The first-order chi connectivity index (χ1) is 23.7. The number of halogens is 1. The Morgan fingerprint density at radius 1 is 1.06 bits per heavy atom. The van der Waals surface area contributed by atoms with E-state index < -0.39 is 11.4 Å². The molecule has 4 aromatic rings.